The maximum Gasteiger partial charge on any atom is 0.164 e. The molecule has 6 nitrogen and oxygen atoms in total. The summed E-state index contributed by atoms with van der Waals surface area (Å²) in [6, 6.07) is 9.67. The maximum absolute atomic E-state index is 15.4. The van der Waals surface area contributed by atoms with Crippen LogP contribution in [0.15, 0.2) is 42.7 Å². The van der Waals surface area contributed by atoms with Gasteiger partial charge in [-0.15, -0.1) is 0 Å². The topological polar surface area (TPSA) is 59.7 Å². The van der Waals surface area contributed by atoms with Crippen LogP contribution < -0.4 is 0 Å². The zero-order valence-electron chi connectivity index (χ0n) is 19.0. The van der Waals surface area contributed by atoms with Crippen LogP contribution in [0.2, 0.25) is 0 Å². The Labute approximate surface area is 192 Å². The van der Waals surface area contributed by atoms with E-state index in [1.165, 1.54) is 25.9 Å². The highest BCUT2D eigenvalue weighted by Crippen LogP contribution is 2.39. The van der Waals surface area contributed by atoms with Gasteiger partial charge in [-0.05, 0) is 75.4 Å². The molecule has 4 aromatic rings. The summed E-state index contributed by atoms with van der Waals surface area (Å²) in [6.07, 6.45) is 5.93. The molecule has 7 heteroatoms. The average molecular weight is 443 g/mol. The highest BCUT2D eigenvalue weighted by atomic mass is 19.1. The number of hydrogen-bond acceptors (Lipinski definition) is 5. The molecule has 7 rings (SSSR count). The van der Waals surface area contributed by atoms with Gasteiger partial charge in [0.1, 0.15) is 23.0 Å². The maximum atomic E-state index is 15.4. The number of halogens is 1. The summed E-state index contributed by atoms with van der Waals surface area (Å²) in [7, 11) is 0. The number of fused-ring (bicyclic) bond motifs is 4. The summed E-state index contributed by atoms with van der Waals surface area (Å²) < 4.78 is 17.4. The Morgan fingerprint density at radius 3 is 2.48 bits per heavy atom. The van der Waals surface area contributed by atoms with E-state index in [4.69, 9.17) is 4.98 Å². The largest absolute Gasteiger partial charge is 0.304 e. The van der Waals surface area contributed by atoms with Crippen LogP contribution in [0.3, 0.4) is 0 Å². The van der Waals surface area contributed by atoms with Crippen LogP contribution in [0, 0.1) is 25.6 Å². The molecule has 3 aromatic heterocycles. The summed E-state index contributed by atoms with van der Waals surface area (Å²) in [5.74, 6) is 2.39. The standard InChI is InChI=1S/C26H27FN6/c1-16-24-26(30-17(2)29-16)33(25(31-24)19-5-9-28-10-6-19)14-21-4-3-20(13-23(21)27)22-15-32-11-7-18(22)8-12-32/h3-6,9-10,13,18,22H,7-8,11-12,14-15H2,1-2H3. The van der Waals surface area contributed by atoms with Crippen molar-refractivity contribution >= 4 is 11.2 Å². The molecule has 33 heavy (non-hydrogen) atoms. The van der Waals surface area contributed by atoms with Gasteiger partial charge in [-0.1, -0.05) is 12.1 Å². The molecule has 0 spiro atoms. The summed E-state index contributed by atoms with van der Waals surface area (Å²) in [5, 5.41) is 0. The first-order chi connectivity index (χ1) is 16.1. The average Bonchev–Trinajstić information content (AvgIpc) is 3.20. The molecule has 3 aliphatic heterocycles. The second-order valence-corrected chi connectivity index (χ2v) is 9.38. The van der Waals surface area contributed by atoms with Crippen molar-refractivity contribution in [2.24, 2.45) is 5.92 Å². The van der Waals surface area contributed by atoms with Crippen molar-refractivity contribution in [3.63, 3.8) is 0 Å². The Hall–Kier alpha value is -3.19. The van der Waals surface area contributed by atoms with Crippen LogP contribution in [0.5, 0.6) is 0 Å². The Balaban J connectivity index is 1.40. The van der Waals surface area contributed by atoms with Gasteiger partial charge in [0.05, 0.1) is 12.2 Å². The van der Waals surface area contributed by atoms with Crippen molar-refractivity contribution in [2.45, 2.75) is 39.2 Å². The van der Waals surface area contributed by atoms with Crippen LogP contribution >= 0.6 is 0 Å². The lowest BCUT2D eigenvalue weighted by Gasteiger charge is -2.45. The third-order valence-corrected chi connectivity index (χ3v) is 7.31. The van der Waals surface area contributed by atoms with Crippen LogP contribution in [0.1, 0.15) is 41.4 Å². The fraction of sp³-hybridized carbons (Fsp3) is 0.385. The normalized spacial score (nSPS) is 22.2. The first kappa shape index (κ1) is 20.4. The van der Waals surface area contributed by atoms with E-state index in [1.807, 2.05) is 36.6 Å². The molecular formula is C26H27FN6. The number of rotatable bonds is 4. The SMILES string of the molecule is Cc1nc(C)c2nc(-c3ccncc3)n(Cc3ccc(C4CN5CCC4CC5)cc3F)c2n1. The van der Waals surface area contributed by atoms with Gasteiger partial charge in [0, 0.05) is 30.1 Å². The van der Waals surface area contributed by atoms with Gasteiger partial charge in [0.15, 0.2) is 5.65 Å². The number of benzene rings is 1. The van der Waals surface area contributed by atoms with E-state index in [2.05, 4.69) is 25.9 Å². The van der Waals surface area contributed by atoms with Crippen LogP contribution in [0.25, 0.3) is 22.6 Å². The van der Waals surface area contributed by atoms with Crippen molar-refractivity contribution < 1.29 is 4.39 Å². The fourth-order valence-electron chi connectivity index (χ4n) is 5.58. The molecule has 0 radical (unpaired) electrons. The highest BCUT2D eigenvalue weighted by Gasteiger charge is 2.35. The number of aromatic nitrogens is 5. The highest BCUT2D eigenvalue weighted by molar-refractivity contribution is 5.79. The van der Waals surface area contributed by atoms with Gasteiger partial charge in [0.25, 0.3) is 0 Å². The van der Waals surface area contributed by atoms with Gasteiger partial charge in [-0.3, -0.25) is 4.98 Å². The lowest BCUT2D eigenvalue weighted by molar-refractivity contribution is 0.0870. The van der Waals surface area contributed by atoms with Crippen LogP contribution in [-0.2, 0) is 6.54 Å². The van der Waals surface area contributed by atoms with Gasteiger partial charge in [-0.2, -0.15) is 0 Å². The lowest BCUT2D eigenvalue weighted by Crippen LogP contribution is -2.46. The molecule has 1 unspecified atom stereocenters. The molecule has 0 amide bonds. The molecule has 1 aromatic carbocycles. The predicted octanol–water partition coefficient (Wildman–Crippen LogP) is 4.50. The van der Waals surface area contributed by atoms with Gasteiger partial charge in [-0.25, -0.2) is 19.3 Å². The monoisotopic (exact) mass is 442 g/mol. The van der Waals surface area contributed by atoms with E-state index in [0.717, 1.165) is 40.4 Å². The number of pyridine rings is 1. The first-order valence-corrected chi connectivity index (χ1v) is 11.7. The van der Waals surface area contributed by atoms with Gasteiger partial charge < -0.3 is 9.47 Å². The number of imidazole rings is 1. The molecule has 0 aliphatic carbocycles. The minimum absolute atomic E-state index is 0.158. The van der Waals surface area contributed by atoms with Crippen molar-refractivity contribution in [2.75, 3.05) is 19.6 Å². The van der Waals surface area contributed by atoms with Crippen molar-refractivity contribution in [3.8, 4) is 11.4 Å². The smallest absolute Gasteiger partial charge is 0.164 e. The first-order valence-electron chi connectivity index (χ1n) is 11.7. The number of aryl methyl sites for hydroxylation is 2. The van der Waals surface area contributed by atoms with Gasteiger partial charge in [0.2, 0.25) is 0 Å². The second kappa shape index (κ2) is 7.99. The minimum atomic E-state index is -0.158. The Kier molecular flexibility index (Phi) is 4.94. The molecule has 2 bridgehead atoms. The zero-order valence-corrected chi connectivity index (χ0v) is 19.0. The molecule has 3 fully saturated rings. The molecule has 0 saturated carbocycles. The summed E-state index contributed by atoms with van der Waals surface area (Å²) in [4.78, 5) is 20.6. The molecule has 0 N–H and O–H groups in total. The Bertz CT molecular complexity index is 1320. The predicted molar refractivity (Wildman–Crippen MR) is 125 cm³/mol. The third kappa shape index (κ3) is 3.60. The Morgan fingerprint density at radius 1 is 1.00 bits per heavy atom. The lowest BCUT2D eigenvalue weighted by atomic mass is 9.75. The summed E-state index contributed by atoms with van der Waals surface area (Å²) in [5.41, 5.74) is 4.99. The fourth-order valence-corrected chi connectivity index (χ4v) is 5.58. The number of nitrogens with zero attached hydrogens (tertiary/aromatic N) is 6. The van der Waals surface area contributed by atoms with Crippen LogP contribution in [0.4, 0.5) is 4.39 Å². The van der Waals surface area contributed by atoms with E-state index >= 15 is 4.39 Å². The molecule has 3 aliphatic rings. The van der Waals surface area contributed by atoms with E-state index < -0.39 is 0 Å². The van der Waals surface area contributed by atoms with E-state index in [1.54, 1.807) is 18.5 Å². The minimum Gasteiger partial charge on any atom is -0.304 e. The molecule has 3 saturated heterocycles. The Morgan fingerprint density at radius 2 is 1.79 bits per heavy atom. The van der Waals surface area contributed by atoms with Crippen molar-refractivity contribution in [3.05, 3.63) is 71.2 Å². The molecular weight excluding hydrogens is 415 g/mol. The molecule has 1 atom stereocenters. The van der Waals surface area contributed by atoms with Crippen molar-refractivity contribution in [1.82, 2.24) is 29.4 Å². The summed E-state index contributed by atoms with van der Waals surface area (Å²) in [6.45, 7) is 7.60. The third-order valence-electron chi connectivity index (χ3n) is 7.31. The second-order valence-electron chi connectivity index (χ2n) is 9.38. The molecule has 6 heterocycles. The molecule has 168 valence electrons. The zero-order chi connectivity index (χ0) is 22.5. The summed E-state index contributed by atoms with van der Waals surface area (Å²) >= 11 is 0. The quantitative estimate of drug-likeness (QED) is 0.466. The van der Waals surface area contributed by atoms with E-state index in [9.17, 15) is 0 Å². The number of hydrogen-bond donors (Lipinski definition) is 0. The van der Waals surface area contributed by atoms with E-state index in [0.29, 0.717) is 29.8 Å². The number of piperidine rings is 3. The van der Waals surface area contributed by atoms with E-state index in [-0.39, 0.29) is 5.82 Å². The van der Waals surface area contributed by atoms with Crippen LogP contribution in [-0.4, -0.2) is 49.0 Å². The van der Waals surface area contributed by atoms with Gasteiger partial charge >= 0.3 is 0 Å². The van der Waals surface area contributed by atoms with Crippen molar-refractivity contribution in [1.29, 1.82) is 0 Å².